The van der Waals surface area contributed by atoms with Crippen LogP contribution in [0.25, 0.3) is 0 Å². The number of aliphatic hydroxyl groups excluding tert-OH is 1. The lowest BCUT2D eigenvalue weighted by atomic mass is 9.88. The molecule has 4 nitrogen and oxygen atoms in total. The Morgan fingerprint density at radius 1 is 1.53 bits per heavy atom. The Kier molecular flexibility index (Phi) is 4.89. The van der Waals surface area contributed by atoms with E-state index in [9.17, 15) is 14.3 Å². The van der Waals surface area contributed by atoms with Crippen molar-refractivity contribution in [3.05, 3.63) is 29.1 Å². The highest BCUT2D eigenvalue weighted by molar-refractivity contribution is 5.94. The number of nitrogens with two attached hydrogens (primary N) is 1. The fourth-order valence-corrected chi connectivity index (χ4v) is 1.61. The minimum Gasteiger partial charge on any atom is -0.396 e. The highest BCUT2D eigenvalue weighted by atomic mass is 19.1. The van der Waals surface area contributed by atoms with Crippen molar-refractivity contribution in [1.29, 1.82) is 0 Å². The van der Waals surface area contributed by atoms with Crippen LogP contribution in [0.15, 0.2) is 12.1 Å². The molecule has 0 spiro atoms. The molecule has 1 aromatic carbocycles. The maximum absolute atomic E-state index is 13.7. The van der Waals surface area contributed by atoms with Crippen LogP contribution in [0.3, 0.4) is 0 Å². The zero-order valence-corrected chi connectivity index (χ0v) is 11.6. The SMILES string of the molecule is CCC(C)(CO)CNc1cc(C(N)=O)cc(F)c1C. The molecule has 0 saturated heterocycles. The van der Waals surface area contributed by atoms with Gasteiger partial charge in [0.1, 0.15) is 5.82 Å². The second kappa shape index (κ2) is 6.02. The molecular formula is C14H21FN2O2. The number of benzene rings is 1. The molecule has 0 saturated carbocycles. The average molecular weight is 268 g/mol. The van der Waals surface area contributed by atoms with Gasteiger partial charge >= 0.3 is 0 Å². The van der Waals surface area contributed by atoms with Crippen molar-refractivity contribution in [3.63, 3.8) is 0 Å². The van der Waals surface area contributed by atoms with Crippen LogP contribution in [0.4, 0.5) is 10.1 Å². The van der Waals surface area contributed by atoms with Crippen molar-refractivity contribution >= 4 is 11.6 Å². The number of carbonyl (C=O) groups excluding carboxylic acids is 1. The van der Waals surface area contributed by atoms with E-state index in [-0.39, 0.29) is 17.6 Å². The largest absolute Gasteiger partial charge is 0.396 e. The predicted octanol–water partition coefficient (Wildman–Crippen LogP) is 2.05. The average Bonchev–Trinajstić information content (AvgIpc) is 2.39. The molecule has 0 aliphatic carbocycles. The van der Waals surface area contributed by atoms with E-state index in [0.717, 1.165) is 12.5 Å². The van der Waals surface area contributed by atoms with E-state index in [2.05, 4.69) is 5.32 Å². The Labute approximate surface area is 112 Å². The first-order chi connectivity index (χ1) is 8.83. The number of anilines is 1. The summed E-state index contributed by atoms with van der Waals surface area (Å²) in [6.45, 7) is 6.06. The summed E-state index contributed by atoms with van der Waals surface area (Å²) in [5, 5.41) is 12.4. The summed E-state index contributed by atoms with van der Waals surface area (Å²) in [6, 6.07) is 2.67. The van der Waals surface area contributed by atoms with E-state index in [1.165, 1.54) is 6.07 Å². The minimum absolute atomic E-state index is 0.0353. The molecule has 0 fully saturated rings. The summed E-state index contributed by atoms with van der Waals surface area (Å²) in [6.07, 6.45) is 0.785. The molecule has 0 aliphatic heterocycles. The van der Waals surface area contributed by atoms with Crippen molar-refractivity contribution in [2.45, 2.75) is 27.2 Å². The van der Waals surface area contributed by atoms with Gasteiger partial charge in [-0.1, -0.05) is 13.8 Å². The van der Waals surface area contributed by atoms with Gasteiger partial charge < -0.3 is 16.2 Å². The van der Waals surface area contributed by atoms with Crippen LogP contribution >= 0.6 is 0 Å². The van der Waals surface area contributed by atoms with Gasteiger partial charge in [0.15, 0.2) is 0 Å². The number of primary amides is 1. The molecule has 1 unspecified atom stereocenters. The molecule has 0 aromatic heterocycles. The second-order valence-electron chi connectivity index (χ2n) is 5.17. The van der Waals surface area contributed by atoms with Crippen molar-refractivity contribution < 1.29 is 14.3 Å². The Balaban J connectivity index is 2.98. The maximum atomic E-state index is 13.7. The molecule has 4 N–H and O–H groups in total. The number of halogens is 1. The monoisotopic (exact) mass is 268 g/mol. The van der Waals surface area contributed by atoms with E-state index >= 15 is 0 Å². The van der Waals surface area contributed by atoms with Crippen molar-refractivity contribution in [2.24, 2.45) is 11.1 Å². The number of hydrogen-bond donors (Lipinski definition) is 3. The Hall–Kier alpha value is -1.62. The van der Waals surface area contributed by atoms with Crippen LogP contribution in [0, 0.1) is 18.2 Å². The lowest BCUT2D eigenvalue weighted by Crippen LogP contribution is -2.30. The summed E-state index contributed by atoms with van der Waals surface area (Å²) in [4.78, 5) is 11.1. The summed E-state index contributed by atoms with van der Waals surface area (Å²) < 4.78 is 13.7. The van der Waals surface area contributed by atoms with Crippen LogP contribution in [0.2, 0.25) is 0 Å². The Bertz CT molecular complexity index is 471. The van der Waals surface area contributed by atoms with E-state index in [1.54, 1.807) is 6.92 Å². The maximum Gasteiger partial charge on any atom is 0.248 e. The zero-order chi connectivity index (χ0) is 14.6. The first-order valence-electron chi connectivity index (χ1n) is 6.27. The topological polar surface area (TPSA) is 75.3 Å². The van der Waals surface area contributed by atoms with Crippen LogP contribution < -0.4 is 11.1 Å². The van der Waals surface area contributed by atoms with Gasteiger partial charge in [0.05, 0.1) is 6.61 Å². The molecule has 0 radical (unpaired) electrons. The van der Waals surface area contributed by atoms with Gasteiger partial charge in [-0.3, -0.25) is 4.79 Å². The van der Waals surface area contributed by atoms with Gasteiger partial charge in [0.25, 0.3) is 0 Å². The van der Waals surface area contributed by atoms with E-state index in [1.807, 2.05) is 13.8 Å². The van der Waals surface area contributed by atoms with Crippen LogP contribution in [-0.4, -0.2) is 24.2 Å². The van der Waals surface area contributed by atoms with Crippen molar-refractivity contribution in [2.75, 3.05) is 18.5 Å². The van der Waals surface area contributed by atoms with Gasteiger partial charge in [0.2, 0.25) is 5.91 Å². The predicted molar refractivity (Wildman–Crippen MR) is 73.6 cm³/mol. The molecule has 0 heterocycles. The fraction of sp³-hybridized carbons (Fsp3) is 0.500. The summed E-state index contributed by atoms with van der Waals surface area (Å²) in [5.74, 6) is -1.14. The van der Waals surface area contributed by atoms with E-state index < -0.39 is 11.7 Å². The zero-order valence-electron chi connectivity index (χ0n) is 11.6. The van der Waals surface area contributed by atoms with Crippen molar-refractivity contribution in [3.8, 4) is 0 Å². The molecule has 0 aliphatic rings. The first kappa shape index (κ1) is 15.4. The lowest BCUT2D eigenvalue weighted by molar-refractivity contribution is 0.1000. The quantitative estimate of drug-likeness (QED) is 0.739. The number of carbonyl (C=O) groups is 1. The molecule has 1 atom stereocenters. The smallest absolute Gasteiger partial charge is 0.248 e. The third-order valence-corrected chi connectivity index (χ3v) is 3.57. The molecule has 5 heteroatoms. The van der Waals surface area contributed by atoms with E-state index in [4.69, 9.17) is 5.73 Å². The molecule has 1 aromatic rings. The van der Waals surface area contributed by atoms with Crippen LogP contribution in [0.5, 0.6) is 0 Å². The fourth-order valence-electron chi connectivity index (χ4n) is 1.61. The lowest BCUT2D eigenvalue weighted by Gasteiger charge is -2.27. The molecule has 1 rings (SSSR count). The van der Waals surface area contributed by atoms with Gasteiger partial charge in [0, 0.05) is 28.8 Å². The van der Waals surface area contributed by atoms with Crippen LogP contribution in [0.1, 0.15) is 36.2 Å². The first-order valence-corrected chi connectivity index (χ1v) is 6.27. The molecule has 19 heavy (non-hydrogen) atoms. The standard InChI is InChI=1S/C14H21FN2O2/c1-4-14(3,8-18)7-17-12-6-10(13(16)19)5-11(15)9(12)2/h5-6,17-18H,4,7-8H2,1-3H3,(H2,16,19). The summed E-state index contributed by atoms with van der Waals surface area (Å²) in [5.41, 5.74) is 5.97. The number of nitrogens with one attached hydrogen (secondary N) is 1. The van der Waals surface area contributed by atoms with Gasteiger partial charge in [-0.05, 0) is 25.5 Å². The van der Waals surface area contributed by atoms with E-state index in [0.29, 0.717) is 17.8 Å². The molecule has 0 bridgehead atoms. The summed E-state index contributed by atoms with van der Waals surface area (Å²) >= 11 is 0. The number of hydrogen-bond acceptors (Lipinski definition) is 3. The number of aliphatic hydroxyl groups is 1. The Morgan fingerprint density at radius 2 is 2.16 bits per heavy atom. The molecule has 1 amide bonds. The molecular weight excluding hydrogens is 247 g/mol. The number of amides is 1. The van der Waals surface area contributed by atoms with Crippen molar-refractivity contribution in [1.82, 2.24) is 0 Å². The second-order valence-corrected chi connectivity index (χ2v) is 5.17. The Morgan fingerprint density at radius 3 is 2.63 bits per heavy atom. The van der Waals surface area contributed by atoms with Gasteiger partial charge in [-0.25, -0.2) is 4.39 Å². The van der Waals surface area contributed by atoms with Gasteiger partial charge in [-0.2, -0.15) is 0 Å². The number of rotatable bonds is 6. The third-order valence-electron chi connectivity index (χ3n) is 3.57. The van der Waals surface area contributed by atoms with Gasteiger partial charge in [-0.15, -0.1) is 0 Å². The minimum atomic E-state index is -0.664. The third kappa shape index (κ3) is 3.67. The van der Waals surface area contributed by atoms with Crippen LogP contribution in [-0.2, 0) is 0 Å². The summed E-state index contributed by atoms with van der Waals surface area (Å²) in [7, 11) is 0. The molecule has 106 valence electrons. The highest BCUT2D eigenvalue weighted by Crippen LogP contribution is 2.25. The normalized spacial score (nSPS) is 13.9. The highest BCUT2D eigenvalue weighted by Gasteiger charge is 2.21.